The number of aryl methyl sites for hydroxylation is 2. The summed E-state index contributed by atoms with van der Waals surface area (Å²) in [4.78, 5) is 14.9. The number of rotatable bonds is 4. The monoisotopic (exact) mass is 452 g/mol. The summed E-state index contributed by atoms with van der Waals surface area (Å²) in [6.07, 6.45) is 6.36. The smallest absolute Gasteiger partial charge is 0.223 e. The van der Waals surface area contributed by atoms with Gasteiger partial charge in [0, 0.05) is 30.1 Å². The van der Waals surface area contributed by atoms with E-state index < -0.39 is 0 Å². The Bertz CT molecular complexity index is 1130. The number of amides is 1. The minimum absolute atomic E-state index is 0.0779. The fourth-order valence-corrected chi connectivity index (χ4v) is 5.23. The van der Waals surface area contributed by atoms with Crippen LogP contribution in [-0.2, 0) is 4.79 Å². The third kappa shape index (κ3) is 3.94. The molecule has 32 heavy (non-hydrogen) atoms. The highest BCUT2D eigenvalue weighted by atomic mass is 35.5. The van der Waals surface area contributed by atoms with Crippen molar-refractivity contribution in [3.8, 4) is 5.69 Å². The Morgan fingerprint density at radius 1 is 1.03 bits per heavy atom. The van der Waals surface area contributed by atoms with Crippen LogP contribution >= 0.6 is 11.6 Å². The van der Waals surface area contributed by atoms with Crippen molar-refractivity contribution in [3.05, 3.63) is 40.7 Å². The number of nitrogens with one attached hydrogen (secondary N) is 1. The highest BCUT2D eigenvalue weighted by Crippen LogP contribution is 2.32. The molecule has 0 unspecified atom stereocenters. The molecule has 3 aromatic rings. The van der Waals surface area contributed by atoms with E-state index in [1.54, 1.807) is 0 Å². The highest BCUT2D eigenvalue weighted by Gasteiger charge is 2.29. The maximum Gasteiger partial charge on any atom is 0.223 e. The molecule has 2 aromatic heterocycles. The average Bonchev–Trinajstić information content (AvgIpc) is 3.43. The number of piperidine rings is 1. The van der Waals surface area contributed by atoms with Crippen LogP contribution in [-0.4, -0.2) is 45.0 Å². The lowest BCUT2D eigenvalue weighted by atomic mass is 9.95. The molecule has 168 valence electrons. The molecule has 0 spiro atoms. The Balaban J connectivity index is 1.38. The molecule has 5 rings (SSSR count). The lowest BCUT2D eigenvalue weighted by Crippen LogP contribution is -2.43. The molecular formula is C24H29ClN6O. The number of benzene rings is 1. The molecule has 0 bridgehead atoms. The van der Waals surface area contributed by atoms with E-state index in [1.807, 2.05) is 35.9 Å². The molecular weight excluding hydrogens is 424 g/mol. The predicted octanol–water partition coefficient (Wildman–Crippen LogP) is 4.36. The van der Waals surface area contributed by atoms with Crippen LogP contribution in [0.25, 0.3) is 16.6 Å². The molecule has 1 saturated heterocycles. The van der Waals surface area contributed by atoms with Crippen molar-refractivity contribution < 1.29 is 4.79 Å². The summed E-state index contributed by atoms with van der Waals surface area (Å²) in [5.41, 5.74) is 3.71. The molecule has 0 radical (unpaired) electrons. The second kappa shape index (κ2) is 8.70. The molecule has 7 nitrogen and oxygen atoms in total. The van der Waals surface area contributed by atoms with Gasteiger partial charge in [-0.1, -0.05) is 24.4 Å². The number of hydrogen-bond acceptors (Lipinski definition) is 5. The number of carbonyl (C=O) groups excluding carboxylic acids is 1. The van der Waals surface area contributed by atoms with Gasteiger partial charge in [-0.2, -0.15) is 10.2 Å². The molecule has 1 aromatic carbocycles. The molecule has 2 aliphatic rings. The van der Waals surface area contributed by atoms with Crippen molar-refractivity contribution in [2.75, 3.05) is 18.0 Å². The SMILES string of the molecule is Cc1nnc(N2CCC(C(=O)NC3CCCC3)CC2)c2nn(-c3ccc(Cl)cc3)c(C)c12. The zero-order chi connectivity index (χ0) is 22.2. The Morgan fingerprint density at radius 3 is 2.41 bits per heavy atom. The van der Waals surface area contributed by atoms with Gasteiger partial charge in [-0.05, 0) is 63.8 Å². The summed E-state index contributed by atoms with van der Waals surface area (Å²) >= 11 is 6.07. The van der Waals surface area contributed by atoms with Crippen LogP contribution in [0.4, 0.5) is 5.82 Å². The van der Waals surface area contributed by atoms with Gasteiger partial charge >= 0.3 is 0 Å². The maximum absolute atomic E-state index is 12.7. The van der Waals surface area contributed by atoms with E-state index in [9.17, 15) is 4.79 Å². The molecule has 0 atom stereocenters. The molecule has 1 aliphatic carbocycles. The number of nitrogens with zero attached hydrogens (tertiary/aromatic N) is 5. The van der Waals surface area contributed by atoms with Gasteiger partial charge in [-0.25, -0.2) is 4.68 Å². The molecule has 3 heterocycles. The van der Waals surface area contributed by atoms with Crippen LogP contribution < -0.4 is 10.2 Å². The van der Waals surface area contributed by atoms with Crippen LogP contribution in [0.2, 0.25) is 5.02 Å². The third-order valence-electron chi connectivity index (χ3n) is 6.92. The van der Waals surface area contributed by atoms with Crippen molar-refractivity contribution in [1.29, 1.82) is 0 Å². The van der Waals surface area contributed by atoms with E-state index >= 15 is 0 Å². The zero-order valence-electron chi connectivity index (χ0n) is 18.6. The minimum Gasteiger partial charge on any atom is -0.353 e. The molecule has 1 saturated carbocycles. The molecule has 2 fully saturated rings. The topological polar surface area (TPSA) is 75.9 Å². The van der Waals surface area contributed by atoms with E-state index in [2.05, 4.69) is 27.3 Å². The summed E-state index contributed by atoms with van der Waals surface area (Å²) in [6.45, 7) is 5.59. The highest BCUT2D eigenvalue weighted by molar-refractivity contribution is 6.30. The maximum atomic E-state index is 12.7. The Hall–Kier alpha value is -2.67. The van der Waals surface area contributed by atoms with Gasteiger partial charge in [0.1, 0.15) is 5.52 Å². The Labute approximate surface area is 193 Å². The van der Waals surface area contributed by atoms with Crippen LogP contribution in [0.1, 0.15) is 49.9 Å². The normalized spacial score (nSPS) is 17.9. The van der Waals surface area contributed by atoms with Crippen LogP contribution in [0.3, 0.4) is 0 Å². The van der Waals surface area contributed by atoms with E-state index in [1.165, 1.54) is 12.8 Å². The number of fused-ring (bicyclic) bond motifs is 1. The Kier molecular flexibility index (Phi) is 5.76. The largest absolute Gasteiger partial charge is 0.353 e. The lowest BCUT2D eigenvalue weighted by molar-refractivity contribution is -0.126. The van der Waals surface area contributed by atoms with Crippen molar-refractivity contribution in [2.45, 2.75) is 58.4 Å². The van der Waals surface area contributed by atoms with Gasteiger partial charge in [0.05, 0.1) is 22.5 Å². The third-order valence-corrected chi connectivity index (χ3v) is 7.17. The summed E-state index contributed by atoms with van der Waals surface area (Å²) in [5.74, 6) is 1.10. The van der Waals surface area contributed by atoms with E-state index in [0.29, 0.717) is 11.1 Å². The van der Waals surface area contributed by atoms with Crippen LogP contribution in [0.15, 0.2) is 24.3 Å². The van der Waals surface area contributed by atoms with Gasteiger partial charge in [-0.15, -0.1) is 5.10 Å². The second-order valence-corrected chi connectivity index (χ2v) is 9.49. The quantitative estimate of drug-likeness (QED) is 0.636. The standard InChI is InChI=1S/C24H29ClN6O/c1-15-21-16(2)31(20-9-7-18(25)8-10-20)29-22(21)23(28-27-15)30-13-11-17(12-14-30)24(32)26-19-5-3-4-6-19/h7-10,17,19H,3-6,11-14H2,1-2H3,(H,26,32). The predicted molar refractivity (Wildman–Crippen MR) is 126 cm³/mol. The number of carbonyl (C=O) groups is 1. The van der Waals surface area contributed by atoms with E-state index in [-0.39, 0.29) is 11.8 Å². The summed E-state index contributed by atoms with van der Waals surface area (Å²) < 4.78 is 1.93. The fraction of sp³-hybridized carbons (Fsp3) is 0.500. The first-order chi connectivity index (χ1) is 15.5. The fourth-order valence-electron chi connectivity index (χ4n) is 5.10. The number of halogens is 1. The summed E-state index contributed by atoms with van der Waals surface area (Å²) in [6, 6.07) is 8.04. The van der Waals surface area contributed by atoms with Gasteiger partial charge in [0.25, 0.3) is 0 Å². The minimum atomic E-state index is 0.0779. The average molecular weight is 453 g/mol. The first kappa shape index (κ1) is 21.2. The van der Waals surface area contributed by atoms with Crippen LogP contribution in [0.5, 0.6) is 0 Å². The number of hydrogen-bond donors (Lipinski definition) is 1. The van der Waals surface area contributed by atoms with Gasteiger partial charge in [0.15, 0.2) is 5.82 Å². The van der Waals surface area contributed by atoms with Gasteiger partial charge in [0.2, 0.25) is 5.91 Å². The molecule has 8 heteroatoms. The second-order valence-electron chi connectivity index (χ2n) is 9.06. The van der Waals surface area contributed by atoms with Crippen molar-refractivity contribution in [2.24, 2.45) is 5.92 Å². The summed E-state index contributed by atoms with van der Waals surface area (Å²) in [5, 5.41) is 18.9. The Morgan fingerprint density at radius 2 is 1.72 bits per heavy atom. The van der Waals surface area contributed by atoms with Crippen molar-refractivity contribution in [3.63, 3.8) is 0 Å². The first-order valence-electron chi connectivity index (χ1n) is 11.5. The zero-order valence-corrected chi connectivity index (χ0v) is 19.4. The van der Waals surface area contributed by atoms with Crippen molar-refractivity contribution >= 4 is 34.2 Å². The molecule has 1 amide bonds. The molecule has 1 N–H and O–H groups in total. The van der Waals surface area contributed by atoms with Gasteiger partial charge in [-0.3, -0.25) is 4.79 Å². The van der Waals surface area contributed by atoms with E-state index in [0.717, 1.165) is 72.6 Å². The van der Waals surface area contributed by atoms with E-state index in [4.69, 9.17) is 16.7 Å². The molecule has 1 aliphatic heterocycles. The number of anilines is 1. The number of aromatic nitrogens is 4. The summed E-state index contributed by atoms with van der Waals surface area (Å²) in [7, 11) is 0. The lowest BCUT2D eigenvalue weighted by Gasteiger charge is -2.32. The van der Waals surface area contributed by atoms with Gasteiger partial charge < -0.3 is 10.2 Å². The van der Waals surface area contributed by atoms with Crippen molar-refractivity contribution in [1.82, 2.24) is 25.3 Å². The first-order valence-corrected chi connectivity index (χ1v) is 11.9. The van der Waals surface area contributed by atoms with Crippen LogP contribution in [0, 0.1) is 19.8 Å².